The zero-order chi connectivity index (χ0) is 22.5. The second-order valence-electron chi connectivity index (χ2n) is 6.96. The second kappa shape index (κ2) is 9.97. The van der Waals surface area contributed by atoms with Crippen LogP contribution in [0.3, 0.4) is 0 Å². The van der Waals surface area contributed by atoms with E-state index < -0.39 is 0 Å². The maximum Gasteiger partial charge on any atom is 0.263 e. The van der Waals surface area contributed by atoms with Gasteiger partial charge in [-0.05, 0) is 36.8 Å². The number of allylic oxidation sites excluding steroid dienone is 1. The maximum atomic E-state index is 13.4. The first-order valence-corrected chi connectivity index (χ1v) is 12.1. The molecule has 0 aliphatic heterocycles. The van der Waals surface area contributed by atoms with E-state index in [1.807, 2.05) is 42.6 Å². The van der Waals surface area contributed by atoms with Gasteiger partial charge in [-0.2, -0.15) is 0 Å². The Labute approximate surface area is 194 Å². The van der Waals surface area contributed by atoms with E-state index in [4.69, 9.17) is 9.72 Å². The molecule has 0 spiro atoms. The van der Waals surface area contributed by atoms with Crippen molar-refractivity contribution in [2.75, 3.05) is 12.4 Å². The van der Waals surface area contributed by atoms with E-state index in [0.717, 1.165) is 16.9 Å². The third-order valence-corrected chi connectivity index (χ3v) is 6.72. The van der Waals surface area contributed by atoms with Crippen LogP contribution < -0.4 is 10.3 Å². The number of benzene rings is 2. The quantitative estimate of drug-likeness (QED) is 0.138. The number of carbonyl (C=O) groups is 1. The molecule has 4 rings (SSSR count). The van der Waals surface area contributed by atoms with Gasteiger partial charge in [0.1, 0.15) is 10.6 Å². The van der Waals surface area contributed by atoms with Crippen molar-refractivity contribution in [2.45, 2.75) is 18.6 Å². The van der Waals surface area contributed by atoms with Gasteiger partial charge in [0.2, 0.25) is 0 Å². The predicted octanol–water partition coefficient (Wildman–Crippen LogP) is 5.68. The topological polar surface area (TPSA) is 61.2 Å². The van der Waals surface area contributed by atoms with Crippen LogP contribution in [0.1, 0.15) is 17.3 Å². The minimum atomic E-state index is -0.119. The highest BCUT2D eigenvalue weighted by molar-refractivity contribution is 7.99. The highest BCUT2D eigenvalue weighted by Crippen LogP contribution is 2.32. The summed E-state index contributed by atoms with van der Waals surface area (Å²) in [6.07, 6.45) is 1.67. The number of Topliss-reactive ketones (excluding diaryl/α,β-unsaturated/α-hetero) is 1. The van der Waals surface area contributed by atoms with E-state index in [9.17, 15) is 9.59 Å². The lowest BCUT2D eigenvalue weighted by atomic mass is 10.1. The van der Waals surface area contributed by atoms with Gasteiger partial charge in [0, 0.05) is 23.1 Å². The zero-order valence-corrected chi connectivity index (χ0v) is 19.2. The number of nitrogens with zero attached hydrogens (tertiary/aromatic N) is 2. The highest BCUT2D eigenvalue weighted by Gasteiger charge is 2.18. The lowest BCUT2D eigenvalue weighted by molar-refractivity contribution is 0.102. The fourth-order valence-corrected chi connectivity index (χ4v) is 5.24. The van der Waals surface area contributed by atoms with Crippen LogP contribution in [0.25, 0.3) is 21.3 Å². The van der Waals surface area contributed by atoms with Crippen molar-refractivity contribution in [1.82, 2.24) is 9.55 Å². The third-order valence-electron chi connectivity index (χ3n) is 4.87. The molecule has 5 nitrogen and oxygen atoms in total. The van der Waals surface area contributed by atoms with Gasteiger partial charge in [0.25, 0.3) is 5.56 Å². The number of ether oxygens (including phenoxy) is 1. The Balaban J connectivity index is 1.63. The van der Waals surface area contributed by atoms with Gasteiger partial charge >= 0.3 is 0 Å². The van der Waals surface area contributed by atoms with Crippen molar-refractivity contribution in [1.29, 1.82) is 0 Å². The van der Waals surface area contributed by atoms with Crippen LogP contribution in [-0.2, 0) is 6.54 Å². The summed E-state index contributed by atoms with van der Waals surface area (Å²) in [5.41, 5.74) is 2.34. The van der Waals surface area contributed by atoms with Gasteiger partial charge in [0.15, 0.2) is 10.9 Å². The van der Waals surface area contributed by atoms with Crippen LogP contribution in [0, 0.1) is 0 Å². The number of ketones is 1. The first kappa shape index (κ1) is 22.0. The Hall–Kier alpha value is -3.16. The molecule has 32 heavy (non-hydrogen) atoms. The summed E-state index contributed by atoms with van der Waals surface area (Å²) in [6.45, 7) is 6.60. The summed E-state index contributed by atoms with van der Waals surface area (Å²) >= 11 is 2.71. The molecule has 4 aromatic rings. The smallest absolute Gasteiger partial charge is 0.263 e. The van der Waals surface area contributed by atoms with Crippen molar-refractivity contribution >= 4 is 39.1 Å². The highest BCUT2D eigenvalue weighted by atomic mass is 32.2. The van der Waals surface area contributed by atoms with Gasteiger partial charge in [0.05, 0.1) is 17.7 Å². The third kappa shape index (κ3) is 4.54. The number of carbonyl (C=O) groups excluding carboxylic acids is 1. The van der Waals surface area contributed by atoms with Crippen LogP contribution in [0.5, 0.6) is 5.75 Å². The number of rotatable bonds is 9. The van der Waals surface area contributed by atoms with E-state index in [2.05, 4.69) is 6.58 Å². The number of thioether (sulfide) groups is 1. The van der Waals surface area contributed by atoms with Gasteiger partial charge < -0.3 is 4.74 Å². The lowest BCUT2D eigenvalue weighted by Gasteiger charge is -2.11. The molecule has 2 aromatic heterocycles. The fraction of sp³-hybridized carbons (Fsp3) is 0.160. The van der Waals surface area contributed by atoms with Crippen molar-refractivity contribution < 1.29 is 9.53 Å². The molecule has 0 aliphatic rings. The Bertz CT molecular complexity index is 1310. The molecule has 7 heteroatoms. The number of hydrogen-bond acceptors (Lipinski definition) is 6. The molecule has 0 amide bonds. The maximum absolute atomic E-state index is 13.4. The van der Waals surface area contributed by atoms with Crippen LogP contribution in [0.4, 0.5) is 0 Å². The molecule has 0 N–H and O–H groups in total. The van der Waals surface area contributed by atoms with Gasteiger partial charge in [-0.3, -0.25) is 14.2 Å². The summed E-state index contributed by atoms with van der Waals surface area (Å²) in [7, 11) is 0. The minimum Gasteiger partial charge on any atom is -0.494 e. The summed E-state index contributed by atoms with van der Waals surface area (Å²) in [4.78, 5) is 31.5. The number of aromatic nitrogens is 2. The van der Waals surface area contributed by atoms with Crippen LogP contribution in [0.2, 0.25) is 0 Å². The lowest BCUT2D eigenvalue weighted by Crippen LogP contribution is -2.23. The Kier molecular flexibility index (Phi) is 6.87. The normalized spacial score (nSPS) is 10.9. The van der Waals surface area contributed by atoms with E-state index >= 15 is 0 Å². The summed E-state index contributed by atoms with van der Waals surface area (Å²) < 4.78 is 7.02. The molecule has 0 saturated heterocycles. The fourth-order valence-electron chi connectivity index (χ4n) is 3.35. The van der Waals surface area contributed by atoms with Crippen molar-refractivity contribution in [3.05, 3.63) is 88.5 Å². The molecule has 0 saturated carbocycles. The standard InChI is InChI=1S/C25H22N2O3S2/c1-3-14-27-24(29)22-20(17-8-6-5-7-9-17)15-31-23(22)26-25(27)32-16-21(28)18-10-12-19(13-11-18)30-4-2/h3,5-13,15H,1,4,14,16H2,2H3. The van der Waals surface area contributed by atoms with E-state index in [0.29, 0.717) is 34.1 Å². The Morgan fingerprint density at radius 1 is 1.19 bits per heavy atom. The molecule has 0 atom stereocenters. The number of fused-ring (bicyclic) bond motifs is 1. The minimum absolute atomic E-state index is 0.0336. The predicted molar refractivity (Wildman–Crippen MR) is 132 cm³/mol. The SMILES string of the molecule is C=CCn1c(SCC(=O)c2ccc(OCC)cc2)nc2scc(-c3ccccc3)c2c1=O. The zero-order valence-electron chi connectivity index (χ0n) is 17.6. The number of thiophene rings is 1. The van der Waals surface area contributed by atoms with Crippen LogP contribution >= 0.6 is 23.1 Å². The summed E-state index contributed by atoms with van der Waals surface area (Å²) in [5, 5.41) is 3.08. The molecular weight excluding hydrogens is 440 g/mol. The van der Waals surface area contributed by atoms with E-state index in [1.165, 1.54) is 23.1 Å². The Morgan fingerprint density at radius 2 is 1.94 bits per heavy atom. The van der Waals surface area contributed by atoms with Crippen LogP contribution in [0.15, 0.2) is 82.6 Å². The molecule has 2 heterocycles. The van der Waals surface area contributed by atoms with Gasteiger partial charge in [-0.25, -0.2) is 4.98 Å². The van der Waals surface area contributed by atoms with Crippen LogP contribution in [-0.4, -0.2) is 27.7 Å². The summed E-state index contributed by atoms with van der Waals surface area (Å²) in [6, 6.07) is 16.9. The largest absolute Gasteiger partial charge is 0.494 e. The molecular formula is C25H22N2O3S2. The Morgan fingerprint density at radius 3 is 2.62 bits per heavy atom. The van der Waals surface area contributed by atoms with Crippen molar-refractivity contribution in [3.8, 4) is 16.9 Å². The second-order valence-corrected chi connectivity index (χ2v) is 8.76. The molecule has 0 unspecified atom stereocenters. The van der Waals surface area contributed by atoms with E-state index in [-0.39, 0.29) is 17.1 Å². The molecule has 0 radical (unpaired) electrons. The van der Waals surface area contributed by atoms with Crippen molar-refractivity contribution in [3.63, 3.8) is 0 Å². The van der Waals surface area contributed by atoms with Gasteiger partial charge in [-0.15, -0.1) is 17.9 Å². The average Bonchev–Trinajstić information content (AvgIpc) is 3.25. The average molecular weight is 463 g/mol. The molecule has 2 aromatic carbocycles. The first-order chi connectivity index (χ1) is 15.6. The van der Waals surface area contributed by atoms with Gasteiger partial charge in [-0.1, -0.05) is 48.2 Å². The molecule has 0 fully saturated rings. The first-order valence-electron chi connectivity index (χ1n) is 10.2. The molecule has 0 aliphatic carbocycles. The number of hydrogen-bond donors (Lipinski definition) is 0. The monoisotopic (exact) mass is 462 g/mol. The molecule has 162 valence electrons. The summed E-state index contributed by atoms with van der Waals surface area (Å²) in [5.74, 6) is 0.879. The van der Waals surface area contributed by atoms with Crippen molar-refractivity contribution in [2.24, 2.45) is 0 Å². The molecule has 0 bridgehead atoms. The van der Waals surface area contributed by atoms with E-state index in [1.54, 1.807) is 34.9 Å².